The number of nitrogens with one attached hydrogen (secondary N) is 1. The van der Waals surface area contributed by atoms with Gasteiger partial charge in [0.05, 0.1) is 0 Å². The Labute approximate surface area is 109 Å². The van der Waals surface area contributed by atoms with Gasteiger partial charge in [0.15, 0.2) is 0 Å². The van der Waals surface area contributed by atoms with Gasteiger partial charge in [0.1, 0.15) is 5.82 Å². The summed E-state index contributed by atoms with van der Waals surface area (Å²) in [5, 5.41) is 3.33. The number of aryl methyl sites for hydroxylation is 3. The zero-order valence-electron chi connectivity index (χ0n) is 11.4. The van der Waals surface area contributed by atoms with Crippen LogP contribution >= 0.6 is 0 Å². The van der Waals surface area contributed by atoms with E-state index in [1.165, 1.54) is 5.56 Å². The van der Waals surface area contributed by atoms with Gasteiger partial charge in [0.25, 0.3) is 0 Å². The van der Waals surface area contributed by atoms with Crippen molar-refractivity contribution in [2.75, 3.05) is 7.05 Å². The lowest BCUT2D eigenvalue weighted by atomic mass is 10.1. The summed E-state index contributed by atoms with van der Waals surface area (Å²) in [7, 11) is 2.01. The molecule has 2 rings (SSSR count). The first-order valence-corrected chi connectivity index (χ1v) is 6.55. The van der Waals surface area contributed by atoms with Crippen molar-refractivity contribution in [3.05, 3.63) is 42.2 Å². The first kappa shape index (κ1) is 12.9. The predicted octanol–water partition coefficient (Wildman–Crippen LogP) is 2.36. The topological polar surface area (TPSA) is 34.8 Å². The molecule has 2 aromatic heterocycles. The Morgan fingerprint density at radius 2 is 2.17 bits per heavy atom. The van der Waals surface area contributed by atoms with E-state index in [-0.39, 0.29) is 0 Å². The maximum Gasteiger partial charge on any atom is 0.105 e. The Balaban J connectivity index is 1.97. The molecule has 4 nitrogen and oxygen atoms in total. The first-order chi connectivity index (χ1) is 8.74. The predicted molar refractivity (Wildman–Crippen MR) is 73.5 cm³/mol. The maximum absolute atomic E-state index is 4.23. The van der Waals surface area contributed by atoms with E-state index < -0.39 is 0 Å². The van der Waals surface area contributed by atoms with Gasteiger partial charge in [-0.15, -0.1) is 0 Å². The second-order valence-corrected chi connectivity index (χ2v) is 4.60. The number of nitrogens with zero attached hydrogens (tertiary/aromatic N) is 3. The molecule has 2 aromatic rings. The Hall–Kier alpha value is -1.55. The number of hydrogen-bond acceptors (Lipinski definition) is 2. The van der Waals surface area contributed by atoms with Crippen molar-refractivity contribution in [2.24, 2.45) is 0 Å². The molecule has 0 spiro atoms. The molecule has 1 atom stereocenters. The Kier molecular flexibility index (Phi) is 4.20. The van der Waals surface area contributed by atoms with E-state index in [0.717, 1.165) is 25.3 Å². The Morgan fingerprint density at radius 1 is 1.33 bits per heavy atom. The molecule has 1 unspecified atom stereocenters. The van der Waals surface area contributed by atoms with Gasteiger partial charge >= 0.3 is 0 Å². The lowest BCUT2D eigenvalue weighted by Gasteiger charge is -2.11. The minimum atomic E-state index is 0.459. The summed E-state index contributed by atoms with van der Waals surface area (Å²) in [6, 6.07) is 2.66. The fourth-order valence-electron chi connectivity index (χ4n) is 2.27. The molecule has 98 valence electrons. The summed E-state index contributed by atoms with van der Waals surface area (Å²) in [4.78, 5) is 4.23. The van der Waals surface area contributed by atoms with Gasteiger partial charge in [0.2, 0.25) is 0 Å². The van der Waals surface area contributed by atoms with E-state index in [9.17, 15) is 0 Å². The van der Waals surface area contributed by atoms with Crippen LogP contribution in [0.5, 0.6) is 0 Å². The molecule has 4 heteroatoms. The average molecular weight is 246 g/mol. The number of hydrogen-bond donors (Lipinski definition) is 1. The monoisotopic (exact) mass is 246 g/mol. The van der Waals surface area contributed by atoms with Gasteiger partial charge in [-0.1, -0.05) is 6.92 Å². The van der Waals surface area contributed by atoms with Crippen molar-refractivity contribution >= 4 is 0 Å². The van der Waals surface area contributed by atoms with E-state index in [4.69, 9.17) is 0 Å². The fourth-order valence-corrected chi connectivity index (χ4v) is 2.27. The molecule has 0 aromatic carbocycles. The number of aromatic nitrogens is 3. The molecule has 1 N–H and O–H groups in total. The third kappa shape index (κ3) is 2.82. The van der Waals surface area contributed by atoms with Crippen molar-refractivity contribution < 1.29 is 0 Å². The smallest absolute Gasteiger partial charge is 0.105 e. The zero-order valence-corrected chi connectivity index (χ0v) is 11.4. The highest BCUT2D eigenvalue weighted by molar-refractivity contribution is 5.15. The molecule has 2 heterocycles. The molecule has 0 fully saturated rings. The third-order valence-electron chi connectivity index (χ3n) is 3.46. The quantitative estimate of drug-likeness (QED) is 0.849. The molecule has 0 aliphatic carbocycles. The van der Waals surface area contributed by atoms with Crippen LogP contribution < -0.4 is 5.32 Å². The van der Waals surface area contributed by atoms with Gasteiger partial charge in [-0.25, -0.2) is 4.98 Å². The van der Waals surface area contributed by atoms with Crippen LogP contribution in [0.25, 0.3) is 0 Å². The van der Waals surface area contributed by atoms with E-state index >= 15 is 0 Å². The first-order valence-electron chi connectivity index (χ1n) is 6.55. The third-order valence-corrected chi connectivity index (χ3v) is 3.46. The highest BCUT2D eigenvalue weighted by Gasteiger charge is 2.07. The van der Waals surface area contributed by atoms with Gasteiger partial charge in [-0.05, 0) is 32.0 Å². The molecule has 0 radical (unpaired) electrons. The van der Waals surface area contributed by atoms with Crippen LogP contribution in [0.4, 0.5) is 0 Å². The lowest BCUT2D eigenvalue weighted by Crippen LogP contribution is -2.14. The maximum atomic E-state index is 4.23. The van der Waals surface area contributed by atoms with Crippen LogP contribution in [-0.4, -0.2) is 21.2 Å². The van der Waals surface area contributed by atoms with Crippen LogP contribution in [0.2, 0.25) is 0 Å². The second-order valence-electron chi connectivity index (χ2n) is 4.60. The van der Waals surface area contributed by atoms with E-state index in [0.29, 0.717) is 6.04 Å². The molecular formula is C14H22N4. The molecule has 18 heavy (non-hydrogen) atoms. The van der Waals surface area contributed by atoms with Crippen LogP contribution in [0.15, 0.2) is 30.9 Å². The SMILES string of the molecule is CCC(NC)c1ccn(CCn2ccnc2C)c1. The number of imidazole rings is 1. The van der Waals surface area contributed by atoms with Gasteiger partial charge in [0, 0.05) is 43.9 Å². The van der Waals surface area contributed by atoms with E-state index in [1.54, 1.807) is 0 Å². The molecule has 0 amide bonds. The summed E-state index contributed by atoms with van der Waals surface area (Å²) >= 11 is 0. The standard InChI is InChI=1S/C14H22N4/c1-4-14(15-3)13-5-7-17(11-13)9-10-18-8-6-16-12(18)2/h5-8,11,14-15H,4,9-10H2,1-3H3. The van der Waals surface area contributed by atoms with Gasteiger partial charge < -0.3 is 14.5 Å². The van der Waals surface area contributed by atoms with Crippen LogP contribution in [-0.2, 0) is 13.1 Å². The molecule has 0 aliphatic heterocycles. The Morgan fingerprint density at radius 3 is 2.78 bits per heavy atom. The summed E-state index contributed by atoms with van der Waals surface area (Å²) in [5.74, 6) is 1.07. The minimum Gasteiger partial charge on any atom is -0.352 e. The van der Waals surface area contributed by atoms with Crippen LogP contribution in [0.3, 0.4) is 0 Å². The number of rotatable bonds is 6. The van der Waals surface area contributed by atoms with Crippen LogP contribution in [0.1, 0.15) is 30.8 Å². The summed E-state index contributed by atoms with van der Waals surface area (Å²) in [5.41, 5.74) is 1.36. The lowest BCUT2D eigenvalue weighted by molar-refractivity contribution is 0.556. The molecule has 0 aliphatic rings. The fraction of sp³-hybridized carbons (Fsp3) is 0.500. The molecular weight excluding hydrogens is 224 g/mol. The highest BCUT2D eigenvalue weighted by atomic mass is 15.1. The van der Waals surface area contributed by atoms with E-state index in [1.807, 2.05) is 26.4 Å². The summed E-state index contributed by atoms with van der Waals surface area (Å²) in [6.07, 6.45) is 9.38. The summed E-state index contributed by atoms with van der Waals surface area (Å²) in [6.45, 7) is 6.19. The van der Waals surface area contributed by atoms with Gasteiger partial charge in [-0.3, -0.25) is 0 Å². The molecule has 0 bridgehead atoms. The highest BCUT2D eigenvalue weighted by Crippen LogP contribution is 2.16. The van der Waals surface area contributed by atoms with Crippen molar-refractivity contribution in [1.82, 2.24) is 19.4 Å². The normalized spacial score (nSPS) is 12.8. The van der Waals surface area contributed by atoms with Crippen molar-refractivity contribution in [1.29, 1.82) is 0 Å². The second kappa shape index (κ2) is 5.87. The molecule has 0 saturated heterocycles. The Bertz CT molecular complexity index is 479. The van der Waals surface area contributed by atoms with Crippen molar-refractivity contribution in [2.45, 2.75) is 39.4 Å². The molecule has 0 saturated carbocycles. The summed E-state index contributed by atoms with van der Waals surface area (Å²) < 4.78 is 4.42. The van der Waals surface area contributed by atoms with Crippen molar-refractivity contribution in [3.63, 3.8) is 0 Å². The zero-order chi connectivity index (χ0) is 13.0. The average Bonchev–Trinajstić information content (AvgIpc) is 2.98. The minimum absolute atomic E-state index is 0.459. The largest absolute Gasteiger partial charge is 0.352 e. The van der Waals surface area contributed by atoms with Gasteiger partial charge in [-0.2, -0.15) is 0 Å². The van der Waals surface area contributed by atoms with E-state index in [2.05, 4.69) is 44.8 Å². The van der Waals surface area contributed by atoms with Crippen LogP contribution in [0, 0.1) is 6.92 Å². The van der Waals surface area contributed by atoms with Crippen molar-refractivity contribution in [3.8, 4) is 0 Å².